The number of hydrogen-bond acceptors (Lipinski definition) is 7. The summed E-state index contributed by atoms with van der Waals surface area (Å²) in [6.07, 6.45) is 1.33. The number of benzene rings is 1. The molecule has 32 heavy (non-hydrogen) atoms. The molecule has 174 valence electrons. The lowest BCUT2D eigenvalue weighted by Crippen LogP contribution is -2.41. The number of rotatable bonds is 10. The molecule has 0 spiro atoms. The van der Waals surface area contributed by atoms with Crippen LogP contribution in [-0.2, 0) is 22.6 Å². The third kappa shape index (κ3) is 7.64. The average Bonchev–Trinajstić information content (AvgIpc) is 2.73. The third-order valence-corrected chi connectivity index (χ3v) is 4.26. The van der Waals surface area contributed by atoms with Gasteiger partial charge < -0.3 is 26.4 Å². The Morgan fingerprint density at radius 2 is 2.06 bits per heavy atom. The summed E-state index contributed by atoms with van der Waals surface area (Å²) in [5, 5.41) is 2.98. The zero-order valence-electron chi connectivity index (χ0n) is 16.9. The maximum Gasteiger partial charge on any atom is 0.336 e. The van der Waals surface area contributed by atoms with E-state index in [0.29, 0.717) is 16.3 Å². The molecule has 0 radical (unpaired) electrons. The maximum absolute atomic E-state index is 14.3. The van der Waals surface area contributed by atoms with Crippen LogP contribution < -0.4 is 22.3 Å². The number of hydrogen-bond donors (Lipinski definition) is 4. The lowest BCUT2D eigenvalue weighted by Gasteiger charge is -2.17. The molecule has 0 aliphatic heterocycles. The fourth-order valence-corrected chi connectivity index (χ4v) is 2.84. The highest BCUT2D eigenvalue weighted by Gasteiger charge is 2.17. The van der Waals surface area contributed by atoms with E-state index in [-0.39, 0.29) is 30.8 Å². The summed E-state index contributed by atoms with van der Waals surface area (Å²) in [4.78, 5) is 24.1. The topological polar surface area (TPSA) is 137 Å². The van der Waals surface area contributed by atoms with E-state index in [1.54, 1.807) is 6.07 Å². The molecule has 0 unspecified atom stereocenters. The van der Waals surface area contributed by atoms with E-state index in [0.717, 1.165) is 6.07 Å². The number of pyridine rings is 1. The van der Waals surface area contributed by atoms with Gasteiger partial charge in [0.2, 0.25) is 0 Å². The molecule has 0 bridgehead atoms. The van der Waals surface area contributed by atoms with Crippen molar-refractivity contribution < 1.29 is 27.5 Å². The molecule has 1 atom stereocenters. The van der Waals surface area contributed by atoms with E-state index in [1.165, 1.54) is 25.4 Å². The molecule has 0 aliphatic rings. The molecule has 1 aromatic heterocycles. The molecule has 1 aromatic carbocycles. The number of alkyl halides is 2. The molecule has 2 aromatic rings. The van der Waals surface area contributed by atoms with Crippen molar-refractivity contribution in [3.8, 4) is 0 Å². The van der Waals surface area contributed by atoms with Crippen LogP contribution in [0.1, 0.15) is 21.6 Å². The molecular weight excluding hydrogens is 453 g/mol. The number of ether oxygens (including phenoxy) is 1. The number of carbonyl (C=O) groups excluding carboxylic acids is 1. The first-order valence-corrected chi connectivity index (χ1v) is 9.58. The number of aromatic nitrogens is 1. The molecule has 0 saturated heterocycles. The minimum atomic E-state index is -3.04. The van der Waals surface area contributed by atoms with Gasteiger partial charge in [-0.25, -0.2) is 9.37 Å². The lowest BCUT2D eigenvalue weighted by atomic mass is 10.0. The number of amides is 1. The molecule has 1 amide bonds. The summed E-state index contributed by atoms with van der Waals surface area (Å²) in [7, 11) is 1.47. The van der Waals surface area contributed by atoms with E-state index in [9.17, 15) is 18.0 Å². The van der Waals surface area contributed by atoms with Crippen molar-refractivity contribution in [2.45, 2.75) is 25.6 Å². The van der Waals surface area contributed by atoms with Crippen molar-refractivity contribution in [3.63, 3.8) is 0 Å². The van der Waals surface area contributed by atoms with Gasteiger partial charge in [0.1, 0.15) is 11.5 Å². The zero-order chi connectivity index (χ0) is 23.7. The largest absolute Gasteiger partial charge is 0.380 e. The van der Waals surface area contributed by atoms with Crippen LogP contribution in [0, 0.1) is 5.82 Å². The van der Waals surface area contributed by atoms with Crippen LogP contribution in [0.2, 0.25) is 5.02 Å². The lowest BCUT2D eigenvalue weighted by molar-refractivity contribution is 0.101. The number of halogens is 4. The van der Waals surface area contributed by atoms with Gasteiger partial charge in [-0.05, 0) is 36.2 Å². The third-order valence-electron chi connectivity index (χ3n) is 4.06. The van der Waals surface area contributed by atoms with Crippen molar-refractivity contribution in [1.82, 2.24) is 10.5 Å². The molecule has 6 N–H and O–H groups in total. The Morgan fingerprint density at radius 3 is 2.72 bits per heavy atom. The van der Waals surface area contributed by atoms with E-state index in [2.05, 4.69) is 20.8 Å². The van der Waals surface area contributed by atoms with Crippen molar-refractivity contribution in [3.05, 3.63) is 58.1 Å². The second kappa shape index (κ2) is 12.2. The van der Waals surface area contributed by atoms with Gasteiger partial charge in [-0.2, -0.15) is 13.8 Å². The molecule has 9 nitrogen and oxygen atoms in total. The van der Waals surface area contributed by atoms with E-state index in [1.807, 2.05) is 0 Å². The second-order valence-corrected chi connectivity index (χ2v) is 6.89. The Bertz CT molecular complexity index is 964. The second-order valence-electron chi connectivity index (χ2n) is 6.46. The van der Waals surface area contributed by atoms with Crippen molar-refractivity contribution >= 4 is 29.2 Å². The van der Waals surface area contributed by atoms with E-state index < -0.39 is 30.3 Å². The molecule has 0 fully saturated rings. The Balaban J connectivity index is 2.12. The standard InChI is InChI=1S/C19H22ClF3N6O3/c1-31-9-11-4-12(20)8-26-16(11)17(30)27-13-2-3-15(21)10(5-13)6-14(7-24)29-32-19(25)28-18(22)23/h2-5,8,14,18,29H,6-7,9,24H2,1H3,(H2,25,28)(H,27,30)/t14-/m0/s1. The van der Waals surface area contributed by atoms with Gasteiger partial charge in [-0.15, -0.1) is 5.48 Å². The fraction of sp³-hybridized carbons (Fsp3) is 0.316. The number of aliphatic imine (C=N–C) groups is 1. The van der Waals surface area contributed by atoms with Gasteiger partial charge in [-0.1, -0.05) is 11.6 Å². The van der Waals surface area contributed by atoms with E-state index >= 15 is 0 Å². The quantitative estimate of drug-likeness (QED) is 0.179. The van der Waals surface area contributed by atoms with Gasteiger partial charge in [0, 0.05) is 31.1 Å². The minimum Gasteiger partial charge on any atom is -0.380 e. The van der Waals surface area contributed by atoms with Crippen LogP contribution in [0.3, 0.4) is 0 Å². The number of nitrogens with zero attached hydrogens (tertiary/aromatic N) is 2. The number of hydroxylamine groups is 1. The average molecular weight is 475 g/mol. The highest BCUT2D eigenvalue weighted by atomic mass is 35.5. The number of anilines is 1. The van der Waals surface area contributed by atoms with Crippen LogP contribution in [0.4, 0.5) is 18.9 Å². The van der Waals surface area contributed by atoms with Gasteiger partial charge in [-0.3, -0.25) is 4.79 Å². The van der Waals surface area contributed by atoms with Crippen LogP contribution in [-0.4, -0.2) is 43.2 Å². The monoisotopic (exact) mass is 474 g/mol. The SMILES string of the molecule is COCc1cc(Cl)cnc1C(=O)Nc1ccc(F)c(C[C@@H](CN)NOC(N)=NC(F)F)c1. The summed E-state index contributed by atoms with van der Waals surface area (Å²) in [6, 6.07) is 4.02. The predicted octanol–water partition coefficient (Wildman–Crippen LogP) is 2.20. The molecular formula is C19H22ClF3N6O3. The number of carbonyl (C=O) groups is 1. The molecule has 0 aliphatic carbocycles. The molecule has 1 heterocycles. The summed E-state index contributed by atoms with van der Waals surface area (Å²) in [5.74, 6) is -1.11. The molecule has 13 heteroatoms. The summed E-state index contributed by atoms with van der Waals surface area (Å²) >= 11 is 5.92. The molecule has 0 saturated carbocycles. The van der Waals surface area contributed by atoms with Crippen molar-refractivity contribution in [2.75, 3.05) is 19.0 Å². The van der Waals surface area contributed by atoms with Gasteiger partial charge in [0.15, 0.2) is 0 Å². The summed E-state index contributed by atoms with van der Waals surface area (Å²) < 4.78 is 43.6. The van der Waals surface area contributed by atoms with E-state index in [4.69, 9.17) is 32.6 Å². The first-order chi connectivity index (χ1) is 15.2. The number of amidine groups is 1. The Hall–Kier alpha value is -2.93. The number of methoxy groups -OCH3 is 1. The van der Waals surface area contributed by atoms with Crippen LogP contribution in [0.25, 0.3) is 0 Å². The Labute approximate surface area is 186 Å². The van der Waals surface area contributed by atoms with Crippen molar-refractivity contribution in [2.24, 2.45) is 16.5 Å². The van der Waals surface area contributed by atoms with Gasteiger partial charge in [0.25, 0.3) is 5.91 Å². The first-order valence-electron chi connectivity index (χ1n) is 9.20. The minimum absolute atomic E-state index is 0.00211. The fourth-order valence-electron chi connectivity index (χ4n) is 2.66. The number of nitrogens with one attached hydrogen (secondary N) is 2. The van der Waals surface area contributed by atoms with Crippen LogP contribution >= 0.6 is 11.6 Å². The highest BCUT2D eigenvalue weighted by molar-refractivity contribution is 6.30. The summed E-state index contributed by atoms with van der Waals surface area (Å²) in [6.45, 7) is -2.95. The molecule has 2 rings (SSSR count). The summed E-state index contributed by atoms with van der Waals surface area (Å²) in [5.41, 5.74) is 14.2. The highest BCUT2D eigenvalue weighted by Crippen LogP contribution is 2.19. The normalized spacial score (nSPS) is 12.7. The predicted molar refractivity (Wildman–Crippen MR) is 113 cm³/mol. The first kappa shape index (κ1) is 25.3. The van der Waals surface area contributed by atoms with Crippen molar-refractivity contribution in [1.29, 1.82) is 0 Å². The smallest absolute Gasteiger partial charge is 0.336 e. The number of nitrogens with two attached hydrogens (primary N) is 2. The van der Waals surface area contributed by atoms with Crippen LogP contribution in [0.15, 0.2) is 35.5 Å². The van der Waals surface area contributed by atoms with Crippen LogP contribution in [0.5, 0.6) is 0 Å². The maximum atomic E-state index is 14.3. The Morgan fingerprint density at radius 1 is 1.31 bits per heavy atom. The van der Waals surface area contributed by atoms with Gasteiger partial charge >= 0.3 is 12.6 Å². The van der Waals surface area contributed by atoms with Gasteiger partial charge in [0.05, 0.1) is 17.7 Å². The zero-order valence-corrected chi connectivity index (χ0v) is 17.7. The Kier molecular flexibility index (Phi) is 9.65.